The molecule has 0 fully saturated rings. The smallest absolute Gasteiger partial charge is 0.344 e. The summed E-state index contributed by atoms with van der Waals surface area (Å²) in [6.45, 7) is 1.57. The molecule has 16 heavy (non-hydrogen) atoms. The molecule has 1 aromatic carbocycles. The van der Waals surface area contributed by atoms with Gasteiger partial charge in [-0.1, -0.05) is 6.92 Å². The van der Waals surface area contributed by atoms with Crippen LogP contribution in [0.2, 0.25) is 0 Å². The van der Waals surface area contributed by atoms with Crippen molar-refractivity contribution < 1.29 is 27.1 Å². The molecule has 0 saturated carbocycles. The summed E-state index contributed by atoms with van der Waals surface area (Å²) in [6.07, 6.45) is 0.423. The second-order valence-electron chi connectivity index (χ2n) is 2.98. The minimum atomic E-state index is -1.75. The van der Waals surface area contributed by atoms with Crippen molar-refractivity contribution in [2.75, 3.05) is 6.61 Å². The van der Waals surface area contributed by atoms with Gasteiger partial charge in [-0.05, 0) is 6.42 Å². The van der Waals surface area contributed by atoms with Crippen LogP contribution in [0.4, 0.5) is 17.6 Å². The summed E-state index contributed by atoms with van der Waals surface area (Å²) in [6, 6.07) is 0.0290. The summed E-state index contributed by atoms with van der Waals surface area (Å²) in [5.41, 5.74) is -1.34. The highest BCUT2D eigenvalue weighted by atomic mass is 19.2. The maximum Gasteiger partial charge on any atom is 0.344 e. The first-order chi connectivity index (χ1) is 7.49. The van der Waals surface area contributed by atoms with Gasteiger partial charge in [-0.15, -0.1) is 0 Å². The number of carbonyl (C=O) groups excluding carboxylic acids is 1. The molecule has 88 valence electrons. The molecule has 0 unspecified atom stereocenters. The highest BCUT2D eigenvalue weighted by molar-refractivity contribution is 5.90. The molecule has 0 radical (unpaired) electrons. The minimum Gasteiger partial charge on any atom is -0.462 e. The summed E-state index contributed by atoms with van der Waals surface area (Å²) in [5.74, 6) is -8.19. The lowest BCUT2D eigenvalue weighted by atomic mass is 10.2. The van der Waals surface area contributed by atoms with Crippen LogP contribution >= 0.6 is 0 Å². The van der Waals surface area contributed by atoms with Gasteiger partial charge in [0.15, 0.2) is 23.3 Å². The molecule has 0 spiro atoms. The number of hydrogen-bond acceptors (Lipinski definition) is 2. The van der Waals surface area contributed by atoms with Gasteiger partial charge in [0, 0.05) is 6.07 Å². The summed E-state index contributed by atoms with van der Waals surface area (Å²) < 4.78 is 55.9. The van der Waals surface area contributed by atoms with E-state index < -0.39 is 34.8 Å². The molecule has 0 saturated heterocycles. The highest BCUT2D eigenvalue weighted by Gasteiger charge is 2.25. The van der Waals surface area contributed by atoms with Crippen LogP contribution in [0.3, 0.4) is 0 Å². The fourth-order valence-corrected chi connectivity index (χ4v) is 1.02. The summed E-state index contributed by atoms with van der Waals surface area (Å²) >= 11 is 0. The Morgan fingerprint density at radius 3 is 2.12 bits per heavy atom. The zero-order chi connectivity index (χ0) is 12.3. The average Bonchev–Trinajstić information content (AvgIpc) is 2.24. The van der Waals surface area contributed by atoms with E-state index in [4.69, 9.17) is 0 Å². The van der Waals surface area contributed by atoms with Crippen LogP contribution in [0, 0.1) is 23.3 Å². The van der Waals surface area contributed by atoms with Crippen LogP contribution in [-0.2, 0) is 4.74 Å². The lowest BCUT2D eigenvalue weighted by Crippen LogP contribution is -2.13. The minimum absolute atomic E-state index is 0.0290. The number of halogens is 4. The number of rotatable bonds is 3. The normalized spacial score (nSPS) is 10.3. The first-order valence-corrected chi connectivity index (χ1v) is 4.49. The Balaban J connectivity index is 3.16. The van der Waals surface area contributed by atoms with Crippen LogP contribution in [0.15, 0.2) is 6.07 Å². The molecule has 0 aromatic heterocycles. The standard InChI is InChI=1S/C10H8F4O2/c1-2-3-16-10(15)7-8(13)5(11)4-6(12)9(7)14/h4H,2-3H2,1H3. The summed E-state index contributed by atoms with van der Waals surface area (Å²) in [5, 5.41) is 0. The molecule has 6 heteroatoms. The van der Waals surface area contributed by atoms with E-state index in [2.05, 4.69) is 4.74 Å². The van der Waals surface area contributed by atoms with Gasteiger partial charge < -0.3 is 4.74 Å². The van der Waals surface area contributed by atoms with Crippen LogP contribution < -0.4 is 0 Å². The van der Waals surface area contributed by atoms with E-state index in [1.54, 1.807) is 6.92 Å². The Labute approximate surface area is 88.8 Å². The lowest BCUT2D eigenvalue weighted by molar-refractivity contribution is 0.0491. The quantitative estimate of drug-likeness (QED) is 0.458. The summed E-state index contributed by atoms with van der Waals surface area (Å²) in [4.78, 5) is 11.1. The van der Waals surface area contributed by atoms with E-state index in [0.29, 0.717) is 6.42 Å². The molecule has 0 aliphatic carbocycles. The first-order valence-electron chi connectivity index (χ1n) is 4.49. The molecule has 0 amide bonds. The average molecular weight is 236 g/mol. The third-order valence-corrected chi connectivity index (χ3v) is 1.75. The zero-order valence-corrected chi connectivity index (χ0v) is 8.32. The van der Waals surface area contributed by atoms with Gasteiger partial charge in [-0.2, -0.15) is 0 Å². The van der Waals surface area contributed by atoms with E-state index in [1.165, 1.54) is 0 Å². The molecule has 0 N–H and O–H groups in total. The lowest BCUT2D eigenvalue weighted by Gasteiger charge is -2.06. The van der Waals surface area contributed by atoms with Crippen molar-refractivity contribution in [2.24, 2.45) is 0 Å². The van der Waals surface area contributed by atoms with Crippen molar-refractivity contribution in [1.82, 2.24) is 0 Å². The van der Waals surface area contributed by atoms with E-state index in [0.717, 1.165) is 0 Å². The topological polar surface area (TPSA) is 26.3 Å². The fraction of sp³-hybridized carbons (Fsp3) is 0.300. The Kier molecular flexibility index (Phi) is 3.87. The van der Waals surface area contributed by atoms with E-state index in [1.807, 2.05) is 0 Å². The van der Waals surface area contributed by atoms with E-state index >= 15 is 0 Å². The van der Waals surface area contributed by atoms with Crippen LogP contribution in [0.25, 0.3) is 0 Å². The van der Waals surface area contributed by atoms with Crippen molar-refractivity contribution in [3.63, 3.8) is 0 Å². The Morgan fingerprint density at radius 1 is 1.19 bits per heavy atom. The number of benzene rings is 1. The Morgan fingerprint density at radius 2 is 1.69 bits per heavy atom. The molecular formula is C10H8F4O2. The van der Waals surface area contributed by atoms with Gasteiger partial charge in [-0.3, -0.25) is 0 Å². The number of carbonyl (C=O) groups is 1. The maximum absolute atomic E-state index is 13.0. The second kappa shape index (κ2) is 4.96. The molecule has 0 bridgehead atoms. The Hall–Kier alpha value is -1.59. The van der Waals surface area contributed by atoms with Crippen molar-refractivity contribution in [3.05, 3.63) is 34.9 Å². The third kappa shape index (κ3) is 2.32. The van der Waals surface area contributed by atoms with Crippen molar-refractivity contribution in [3.8, 4) is 0 Å². The van der Waals surface area contributed by atoms with Gasteiger partial charge >= 0.3 is 5.97 Å². The van der Waals surface area contributed by atoms with Crippen molar-refractivity contribution in [1.29, 1.82) is 0 Å². The van der Waals surface area contributed by atoms with Crippen molar-refractivity contribution >= 4 is 5.97 Å². The number of esters is 1. The van der Waals surface area contributed by atoms with Gasteiger partial charge in [0.1, 0.15) is 5.56 Å². The highest BCUT2D eigenvalue weighted by Crippen LogP contribution is 2.20. The van der Waals surface area contributed by atoms with Crippen LogP contribution in [0.5, 0.6) is 0 Å². The zero-order valence-electron chi connectivity index (χ0n) is 8.32. The summed E-state index contributed by atoms with van der Waals surface area (Å²) in [7, 11) is 0. The largest absolute Gasteiger partial charge is 0.462 e. The van der Waals surface area contributed by atoms with E-state index in [-0.39, 0.29) is 12.7 Å². The van der Waals surface area contributed by atoms with Gasteiger partial charge in [0.05, 0.1) is 6.61 Å². The second-order valence-corrected chi connectivity index (χ2v) is 2.98. The molecular weight excluding hydrogens is 228 g/mol. The molecule has 1 rings (SSSR count). The number of ether oxygens (including phenoxy) is 1. The Bertz CT molecular complexity index is 392. The van der Waals surface area contributed by atoms with Crippen molar-refractivity contribution in [2.45, 2.75) is 13.3 Å². The van der Waals surface area contributed by atoms with E-state index in [9.17, 15) is 22.4 Å². The molecule has 0 aliphatic heterocycles. The molecule has 0 heterocycles. The van der Waals surface area contributed by atoms with Crippen LogP contribution in [0.1, 0.15) is 23.7 Å². The van der Waals surface area contributed by atoms with Gasteiger partial charge in [0.25, 0.3) is 0 Å². The predicted octanol–water partition coefficient (Wildman–Crippen LogP) is 2.81. The van der Waals surface area contributed by atoms with Gasteiger partial charge in [-0.25, -0.2) is 22.4 Å². The maximum atomic E-state index is 13.0. The molecule has 0 aliphatic rings. The predicted molar refractivity (Wildman–Crippen MR) is 46.8 cm³/mol. The molecule has 0 atom stereocenters. The molecule has 2 nitrogen and oxygen atoms in total. The monoisotopic (exact) mass is 236 g/mol. The van der Waals surface area contributed by atoms with Crippen LogP contribution in [-0.4, -0.2) is 12.6 Å². The fourth-order valence-electron chi connectivity index (χ4n) is 1.02. The first kappa shape index (κ1) is 12.5. The third-order valence-electron chi connectivity index (χ3n) is 1.75. The SMILES string of the molecule is CCCOC(=O)c1c(F)c(F)cc(F)c1F. The number of hydrogen-bond donors (Lipinski definition) is 0. The van der Waals surface area contributed by atoms with Gasteiger partial charge in [0.2, 0.25) is 0 Å². The molecule has 1 aromatic rings.